The second kappa shape index (κ2) is 5.94. The summed E-state index contributed by atoms with van der Waals surface area (Å²) in [7, 11) is 0. The van der Waals surface area contributed by atoms with Crippen LogP contribution in [0.2, 0.25) is 0 Å². The van der Waals surface area contributed by atoms with Crippen LogP contribution in [0.4, 0.5) is 0 Å². The number of hydrogen-bond acceptors (Lipinski definition) is 3. The molecule has 0 radical (unpaired) electrons. The molecule has 0 spiro atoms. The fraction of sp³-hybridized carbons (Fsp3) is 0.211. The lowest BCUT2D eigenvalue weighted by atomic mass is 10.0. The van der Waals surface area contributed by atoms with Crippen LogP contribution in [-0.2, 0) is 11.3 Å². The minimum Gasteiger partial charge on any atom is -0.352 e. The zero-order chi connectivity index (χ0) is 16.3. The molecule has 1 fully saturated rings. The smallest absolute Gasteiger partial charge is 0.226 e. The summed E-state index contributed by atoms with van der Waals surface area (Å²) in [5.41, 5.74) is 0.579. The first-order valence-corrected chi connectivity index (χ1v) is 7.42. The molecule has 2 aromatic carbocycles. The lowest BCUT2D eigenvalue weighted by molar-refractivity contribution is -0.122. The predicted molar refractivity (Wildman–Crippen MR) is 84.6 cm³/mol. The van der Waals surface area contributed by atoms with Crippen molar-refractivity contribution in [2.24, 2.45) is 11.3 Å². The van der Waals surface area contributed by atoms with Gasteiger partial charge in [-0.25, -0.2) is 0 Å². The van der Waals surface area contributed by atoms with Gasteiger partial charge >= 0.3 is 0 Å². The normalized spacial score (nSPS) is 20.8. The molecule has 112 valence electrons. The van der Waals surface area contributed by atoms with E-state index in [0.717, 1.165) is 11.1 Å². The average molecular weight is 301 g/mol. The molecule has 1 amide bonds. The third kappa shape index (κ3) is 2.56. The molecule has 0 bridgehead atoms. The Bertz CT molecular complexity index is 773. The van der Waals surface area contributed by atoms with Gasteiger partial charge < -0.3 is 5.32 Å². The molecule has 23 heavy (non-hydrogen) atoms. The van der Waals surface area contributed by atoms with Gasteiger partial charge in [0.15, 0.2) is 5.41 Å². The van der Waals surface area contributed by atoms with E-state index in [1.54, 1.807) is 0 Å². The summed E-state index contributed by atoms with van der Waals surface area (Å²) in [6.07, 6.45) is 0. The molecule has 0 saturated heterocycles. The number of benzene rings is 2. The second-order valence-electron chi connectivity index (χ2n) is 5.66. The van der Waals surface area contributed by atoms with Crippen LogP contribution in [0.5, 0.6) is 0 Å². The molecule has 0 unspecified atom stereocenters. The number of carbonyl (C=O) groups is 1. The zero-order valence-corrected chi connectivity index (χ0v) is 12.4. The number of rotatable bonds is 4. The van der Waals surface area contributed by atoms with E-state index in [0.29, 0.717) is 6.54 Å². The standard InChI is InChI=1S/C19H15N3O/c20-12-19(13-21)16(15-9-5-2-6-10-15)17(19)18(23)22-11-14-7-3-1-4-8-14/h1-10,16-17H,11H2,(H,22,23)/t16-,17+/m0/s1. The Morgan fingerprint density at radius 3 is 2.13 bits per heavy atom. The minimum atomic E-state index is -1.26. The highest BCUT2D eigenvalue weighted by atomic mass is 16.2. The largest absolute Gasteiger partial charge is 0.352 e. The van der Waals surface area contributed by atoms with Crippen LogP contribution in [0.1, 0.15) is 17.0 Å². The molecular weight excluding hydrogens is 286 g/mol. The van der Waals surface area contributed by atoms with Crippen molar-refractivity contribution in [2.75, 3.05) is 0 Å². The van der Waals surface area contributed by atoms with E-state index in [1.807, 2.05) is 60.7 Å². The van der Waals surface area contributed by atoms with Crippen molar-refractivity contribution in [1.29, 1.82) is 10.5 Å². The van der Waals surface area contributed by atoms with E-state index in [2.05, 4.69) is 17.5 Å². The fourth-order valence-corrected chi connectivity index (χ4v) is 3.06. The van der Waals surface area contributed by atoms with Gasteiger partial charge in [-0.15, -0.1) is 0 Å². The lowest BCUT2D eigenvalue weighted by Gasteiger charge is -2.05. The summed E-state index contributed by atoms with van der Waals surface area (Å²) in [5.74, 6) is -1.23. The van der Waals surface area contributed by atoms with E-state index in [1.165, 1.54) is 0 Å². The maximum absolute atomic E-state index is 12.5. The Labute approximate surface area is 135 Å². The van der Waals surface area contributed by atoms with Crippen molar-refractivity contribution in [3.63, 3.8) is 0 Å². The van der Waals surface area contributed by atoms with E-state index in [9.17, 15) is 15.3 Å². The van der Waals surface area contributed by atoms with Gasteiger partial charge in [-0.3, -0.25) is 4.79 Å². The molecule has 1 aliphatic rings. The molecule has 1 saturated carbocycles. The maximum atomic E-state index is 12.5. The number of hydrogen-bond donors (Lipinski definition) is 1. The quantitative estimate of drug-likeness (QED) is 0.943. The van der Waals surface area contributed by atoms with Crippen molar-refractivity contribution in [1.82, 2.24) is 5.32 Å². The van der Waals surface area contributed by atoms with Crippen molar-refractivity contribution in [3.05, 3.63) is 71.8 Å². The first-order chi connectivity index (χ1) is 11.2. The van der Waals surface area contributed by atoms with Gasteiger partial charge in [-0.1, -0.05) is 60.7 Å². The Balaban J connectivity index is 1.77. The molecule has 2 atom stereocenters. The number of carbonyl (C=O) groups excluding carboxylic acids is 1. The SMILES string of the molecule is N#CC1(C#N)[C@@H](C(=O)NCc2ccccc2)[C@@H]1c1ccccc1. The lowest BCUT2D eigenvalue weighted by Crippen LogP contribution is -2.26. The zero-order valence-electron chi connectivity index (χ0n) is 12.4. The number of amides is 1. The topological polar surface area (TPSA) is 76.7 Å². The molecular formula is C19H15N3O. The molecule has 0 aromatic heterocycles. The van der Waals surface area contributed by atoms with Gasteiger partial charge in [0.25, 0.3) is 0 Å². The van der Waals surface area contributed by atoms with E-state index < -0.39 is 11.3 Å². The number of nitrogens with one attached hydrogen (secondary N) is 1. The van der Waals surface area contributed by atoms with Crippen LogP contribution in [-0.4, -0.2) is 5.91 Å². The Kier molecular flexibility index (Phi) is 3.83. The fourth-order valence-electron chi connectivity index (χ4n) is 3.06. The third-order valence-electron chi connectivity index (χ3n) is 4.33. The Morgan fingerprint density at radius 1 is 1.00 bits per heavy atom. The molecule has 1 aliphatic carbocycles. The maximum Gasteiger partial charge on any atom is 0.226 e. The van der Waals surface area contributed by atoms with Gasteiger partial charge in [-0.2, -0.15) is 10.5 Å². The van der Waals surface area contributed by atoms with Crippen molar-refractivity contribution in [3.8, 4) is 12.1 Å². The average Bonchev–Trinajstić information content (AvgIpc) is 3.31. The van der Waals surface area contributed by atoms with E-state index >= 15 is 0 Å². The Morgan fingerprint density at radius 2 is 1.57 bits per heavy atom. The molecule has 0 aliphatic heterocycles. The van der Waals surface area contributed by atoms with Crippen LogP contribution < -0.4 is 5.32 Å². The van der Waals surface area contributed by atoms with Crippen LogP contribution >= 0.6 is 0 Å². The molecule has 4 heteroatoms. The van der Waals surface area contributed by atoms with E-state index in [4.69, 9.17) is 0 Å². The number of nitriles is 2. The van der Waals surface area contributed by atoms with Gasteiger partial charge in [0.2, 0.25) is 5.91 Å². The highest BCUT2D eigenvalue weighted by Crippen LogP contribution is 2.64. The van der Waals surface area contributed by atoms with Crippen molar-refractivity contribution >= 4 is 5.91 Å². The summed E-state index contributed by atoms with van der Waals surface area (Å²) in [4.78, 5) is 12.5. The van der Waals surface area contributed by atoms with Gasteiger partial charge in [0.05, 0.1) is 18.1 Å². The van der Waals surface area contributed by atoms with Gasteiger partial charge in [0.1, 0.15) is 0 Å². The van der Waals surface area contributed by atoms with Crippen LogP contribution in [0, 0.1) is 34.0 Å². The van der Waals surface area contributed by atoms with Gasteiger partial charge in [-0.05, 0) is 11.1 Å². The molecule has 0 heterocycles. The van der Waals surface area contributed by atoms with Gasteiger partial charge in [0, 0.05) is 12.5 Å². The van der Waals surface area contributed by atoms with E-state index in [-0.39, 0.29) is 11.8 Å². The van der Waals surface area contributed by atoms with Crippen molar-refractivity contribution < 1.29 is 4.79 Å². The van der Waals surface area contributed by atoms with Crippen LogP contribution in [0.3, 0.4) is 0 Å². The minimum absolute atomic E-state index is 0.245. The molecule has 2 aromatic rings. The predicted octanol–water partition coefficient (Wildman–Crippen LogP) is 2.75. The monoisotopic (exact) mass is 301 g/mol. The summed E-state index contributed by atoms with van der Waals surface area (Å²) < 4.78 is 0. The summed E-state index contributed by atoms with van der Waals surface area (Å²) in [6, 6.07) is 23.0. The summed E-state index contributed by atoms with van der Waals surface area (Å²) in [5, 5.41) is 21.7. The highest BCUT2D eigenvalue weighted by Gasteiger charge is 2.70. The molecule has 3 rings (SSSR count). The van der Waals surface area contributed by atoms with Crippen LogP contribution in [0.15, 0.2) is 60.7 Å². The summed E-state index contributed by atoms with van der Waals surface area (Å²) >= 11 is 0. The van der Waals surface area contributed by atoms with Crippen molar-refractivity contribution in [2.45, 2.75) is 12.5 Å². The molecule has 4 nitrogen and oxygen atoms in total. The first kappa shape index (κ1) is 14.8. The summed E-state index contributed by atoms with van der Waals surface area (Å²) in [6.45, 7) is 0.393. The second-order valence-corrected chi connectivity index (χ2v) is 5.66. The van der Waals surface area contributed by atoms with Crippen LogP contribution in [0.25, 0.3) is 0 Å². The third-order valence-corrected chi connectivity index (χ3v) is 4.33. The molecule has 1 N–H and O–H groups in total. The first-order valence-electron chi connectivity index (χ1n) is 7.42. The number of nitrogens with zero attached hydrogens (tertiary/aromatic N) is 2. The highest BCUT2D eigenvalue weighted by molar-refractivity contribution is 5.87. The Hall–Kier alpha value is -3.11.